The topological polar surface area (TPSA) is 85.8 Å². The van der Waals surface area contributed by atoms with Crippen molar-refractivity contribution in [2.75, 3.05) is 18.9 Å². The second-order valence-electron chi connectivity index (χ2n) is 6.53. The van der Waals surface area contributed by atoms with Gasteiger partial charge in [-0.2, -0.15) is 4.98 Å². The Morgan fingerprint density at radius 3 is 2.76 bits per heavy atom. The third-order valence-corrected chi connectivity index (χ3v) is 4.97. The zero-order chi connectivity index (χ0) is 17.0. The molecule has 0 aliphatic carbocycles. The number of nitrogens with two attached hydrogens (primary N) is 1. The lowest BCUT2D eigenvalue weighted by atomic mass is 10.1. The highest BCUT2D eigenvalue weighted by Crippen LogP contribution is 2.29. The molecule has 0 radical (unpaired) electrons. The van der Waals surface area contributed by atoms with Gasteiger partial charge in [-0.3, -0.25) is 4.79 Å². The van der Waals surface area contributed by atoms with Crippen molar-refractivity contribution in [1.82, 2.24) is 19.5 Å². The van der Waals surface area contributed by atoms with Crippen molar-refractivity contribution in [1.29, 1.82) is 0 Å². The lowest BCUT2D eigenvalue weighted by Gasteiger charge is -2.27. The van der Waals surface area contributed by atoms with Crippen molar-refractivity contribution in [3.8, 4) is 11.3 Å². The van der Waals surface area contributed by atoms with Gasteiger partial charge in [-0.15, -0.1) is 5.10 Å². The third-order valence-electron chi connectivity index (χ3n) is 4.97. The first-order valence-corrected chi connectivity index (χ1v) is 8.33. The van der Waals surface area contributed by atoms with Crippen LogP contribution in [0.25, 0.3) is 16.9 Å². The molecule has 2 aliphatic heterocycles. The fourth-order valence-electron chi connectivity index (χ4n) is 3.74. The normalized spacial score (nSPS) is 22.0. The van der Waals surface area contributed by atoms with Gasteiger partial charge in [0.25, 0.3) is 5.91 Å². The minimum absolute atomic E-state index is 0.0746. The molecule has 4 heterocycles. The van der Waals surface area contributed by atoms with E-state index in [0.717, 1.165) is 17.7 Å². The SMILES string of the molecule is Nc1nc2cccc(-c3ccc(C(=O)N4C[C@@H]5C[C@H]4CO5)cc3)n2n1. The number of morpholine rings is 1. The van der Waals surface area contributed by atoms with E-state index in [1.165, 1.54) is 0 Å². The van der Waals surface area contributed by atoms with Crippen LogP contribution in [0.3, 0.4) is 0 Å². The van der Waals surface area contributed by atoms with Crippen molar-refractivity contribution >= 4 is 17.5 Å². The summed E-state index contributed by atoms with van der Waals surface area (Å²) in [5.74, 6) is 0.316. The Hall–Kier alpha value is -2.93. The van der Waals surface area contributed by atoms with E-state index in [-0.39, 0.29) is 24.0 Å². The Labute approximate surface area is 144 Å². The van der Waals surface area contributed by atoms with Crippen molar-refractivity contribution in [3.63, 3.8) is 0 Å². The van der Waals surface area contributed by atoms with E-state index in [0.29, 0.717) is 24.4 Å². The Morgan fingerprint density at radius 1 is 1.20 bits per heavy atom. The molecule has 0 spiro atoms. The van der Waals surface area contributed by atoms with Gasteiger partial charge in [0.2, 0.25) is 5.95 Å². The molecule has 2 N–H and O–H groups in total. The van der Waals surface area contributed by atoms with Gasteiger partial charge in [0.1, 0.15) is 0 Å². The second-order valence-corrected chi connectivity index (χ2v) is 6.53. The van der Waals surface area contributed by atoms with Gasteiger partial charge in [-0.25, -0.2) is 4.52 Å². The number of pyridine rings is 1. The van der Waals surface area contributed by atoms with E-state index in [4.69, 9.17) is 10.5 Å². The number of likely N-dealkylation sites (tertiary alicyclic amines) is 1. The molecule has 0 unspecified atom stereocenters. The lowest BCUT2D eigenvalue weighted by molar-refractivity contribution is 0.0259. The van der Waals surface area contributed by atoms with Gasteiger partial charge in [0, 0.05) is 17.7 Å². The highest BCUT2D eigenvalue weighted by molar-refractivity contribution is 5.95. The summed E-state index contributed by atoms with van der Waals surface area (Å²) in [5, 5.41) is 4.23. The van der Waals surface area contributed by atoms with Gasteiger partial charge in [-0.1, -0.05) is 18.2 Å². The van der Waals surface area contributed by atoms with E-state index in [9.17, 15) is 4.79 Å². The van der Waals surface area contributed by atoms with Crippen LogP contribution in [-0.4, -0.2) is 50.7 Å². The zero-order valence-electron chi connectivity index (χ0n) is 13.5. The molecule has 126 valence electrons. The molecule has 2 aromatic heterocycles. The highest BCUT2D eigenvalue weighted by atomic mass is 16.5. The number of anilines is 1. The Kier molecular flexibility index (Phi) is 3.05. The van der Waals surface area contributed by atoms with Crippen LogP contribution < -0.4 is 5.73 Å². The number of benzene rings is 1. The number of hydrogen-bond acceptors (Lipinski definition) is 5. The predicted molar refractivity (Wildman–Crippen MR) is 92.0 cm³/mol. The Bertz CT molecular complexity index is 965. The number of amides is 1. The van der Waals surface area contributed by atoms with Gasteiger partial charge in [0.15, 0.2) is 5.65 Å². The van der Waals surface area contributed by atoms with E-state index in [2.05, 4.69) is 10.1 Å². The molecule has 2 saturated heterocycles. The lowest BCUT2D eigenvalue weighted by Crippen LogP contribution is -2.41. The molecule has 7 nitrogen and oxygen atoms in total. The van der Waals surface area contributed by atoms with Crippen molar-refractivity contribution < 1.29 is 9.53 Å². The molecule has 3 aromatic rings. The maximum absolute atomic E-state index is 12.7. The van der Waals surface area contributed by atoms with E-state index >= 15 is 0 Å². The average molecular weight is 335 g/mol. The number of hydrogen-bond donors (Lipinski definition) is 1. The van der Waals surface area contributed by atoms with Crippen LogP contribution in [-0.2, 0) is 4.74 Å². The summed E-state index contributed by atoms with van der Waals surface area (Å²) in [5.41, 5.74) is 8.93. The molecule has 2 bridgehead atoms. The van der Waals surface area contributed by atoms with Crippen LogP contribution in [0.1, 0.15) is 16.8 Å². The average Bonchev–Trinajstić information content (AvgIpc) is 3.35. The number of nitrogens with zero attached hydrogens (tertiary/aromatic N) is 4. The summed E-state index contributed by atoms with van der Waals surface area (Å²) in [6, 6.07) is 13.6. The summed E-state index contributed by atoms with van der Waals surface area (Å²) in [7, 11) is 0. The molecule has 1 aromatic carbocycles. The van der Waals surface area contributed by atoms with Crippen LogP contribution >= 0.6 is 0 Å². The number of nitrogen functional groups attached to an aromatic ring is 1. The first-order valence-electron chi connectivity index (χ1n) is 8.33. The molecule has 1 amide bonds. The molecular weight excluding hydrogens is 318 g/mol. The van der Waals surface area contributed by atoms with Crippen LogP contribution in [0.2, 0.25) is 0 Å². The second kappa shape index (κ2) is 5.29. The monoisotopic (exact) mass is 335 g/mol. The van der Waals surface area contributed by atoms with Gasteiger partial charge < -0.3 is 15.4 Å². The standard InChI is InChI=1S/C18H17N5O2/c19-18-20-16-3-1-2-15(23(16)21-18)11-4-6-12(7-5-11)17(24)22-9-14-8-13(22)10-25-14/h1-7,13-14H,8-10H2,(H2,19,21)/t13-,14-/m0/s1. The smallest absolute Gasteiger partial charge is 0.254 e. The van der Waals surface area contributed by atoms with Crippen molar-refractivity contribution in [2.24, 2.45) is 0 Å². The minimum Gasteiger partial charge on any atom is -0.374 e. The van der Waals surface area contributed by atoms with E-state index in [1.54, 1.807) is 4.52 Å². The number of carbonyl (C=O) groups is 1. The zero-order valence-corrected chi connectivity index (χ0v) is 13.5. The fraction of sp³-hybridized carbons (Fsp3) is 0.278. The molecule has 2 fully saturated rings. The summed E-state index contributed by atoms with van der Waals surface area (Å²) in [6.07, 6.45) is 1.17. The summed E-state index contributed by atoms with van der Waals surface area (Å²) in [6.45, 7) is 1.35. The number of rotatable bonds is 2. The molecule has 0 saturated carbocycles. The third kappa shape index (κ3) is 2.27. The van der Waals surface area contributed by atoms with Crippen LogP contribution in [0.4, 0.5) is 5.95 Å². The van der Waals surface area contributed by atoms with Crippen molar-refractivity contribution in [2.45, 2.75) is 18.6 Å². The molecule has 2 aliphatic rings. The number of aromatic nitrogens is 3. The maximum Gasteiger partial charge on any atom is 0.254 e. The number of carbonyl (C=O) groups excluding carboxylic acids is 1. The first-order chi connectivity index (χ1) is 12.2. The Balaban J connectivity index is 1.46. The van der Waals surface area contributed by atoms with E-state index in [1.807, 2.05) is 47.4 Å². The molecule has 7 heteroatoms. The molecule has 5 rings (SSSR count). The minimum atomic E-state index is 0.0746. The van der Waals surface area contributed by atoms with Gasteiger partial charge >= 0.3 is 0 Å². The van der Waals surface area contributed by atoms with E-state index < -0.39 is 0 Å². The van der Waals surface area contributed by atoms with Crippen LogP contribution in [0, 0.1) is 0 Å². The van der Waals surface area contributed by atoms with Crippen LogP contribution in [0.5, 0.6) is 0 Å². The summed E-state index contributed by atoms with van der Waals surface area (Å²) in [4.78, 5) is 18.8. The highest BCUT2D eigenvalue weighted by Gasteiger charge is 2.41. The molecule has 2 atom stereocenters. The van der Waals surface area contributed by atoms with Gasteiger partial charge in [-0.05, 0) is 30.7 Å². The summed E-state index contributed by atoms with van der Waals surface area (Å²) < 4.78 is 7.28. The number of fused-ring (bicyclic) bond motifs is 3. The van der Waals surface area contributed by atoms with Crippen LogP contribution in [0.15, 0.2) is 42.5 Å². The fourth-order valence-corrected chi connectivity index (χ4v) is 3.74. The Morgan fingerprint density at radius 2 is 2.04 bits per heavy atom. The summed E-state index contributed by atoms with van der Waals surface area (Å²) >= 11 is 0. The molecular formula is C18H17N5O2. The quantitative estimate of drug-likeness (QED) is 0.769. The van der Waals surface area contributed by atoms with Crippen molar-refractivity contribution in [3.05, 3.63) is 48.0 Å². The largest absolute Gasteiger partial charge is 0.374 e. The van der Waals surface area contributed by atoms with Gasteiger partial charge in [0.05, 0.1) is 24.4 Å². The maximum atomic E-state index is 12.7. The first kappa shape index (κ1) is 14.4. The number of ether oxygens (including phenoxy) is 1. The predicted octanol–water partition coefficient (Wildman–Crippen LogP) is 1.59. The molecule has 25 heavy (non-hydrogen) atoms.